The molecule has 1 aromatic carbocycles. The highest BCUT2D eigenvalue weighted by Crippen LogP contribution is 2.30. The largest absolute Gasteiger partial charge is 0.496 e. The Bertz CT molecular complexity index is 662. The molecule has 0 saturated heterocycles. The van der Waals surface area contributed by atoms with Crippen molar-refractivity contribution < 1.29 is 11.0 Å². The van der Waals surface area contributed by atoms with E-state index >= 15 is 0 Å². The van der Waals surface area contributed by atoms with E-state index in [9.17, 15) is 4.79 Å². The molecule has 1 atom stereocenters. The van der Waals surface area contributed by atoms with Gasteiger partial charge in [0.25, 0.3) is 5.91 Å². The monoisotopic (exact) mass is 346 g/mol. The van der Waals surface area contributed by atoms with E-state index < -0.39 is 0 Å². The summed E-state index contributed by atoms with van der Waals surface area (Å²) in [6.07, 6.45) is 0.868. The van der Waals surface area contributed by atoms with E-state index in [1.165, 1.54) is 0 Å². The molecule has 4 heteroatoms. The number of nitrogens with zero attached hydrogens (tertiary/aromatic N) is 1. The van der Waals surface area contributed by atoms with Crippen LogP contribution in [0.3, 0.4) is 0 Å². The van der Waals surface area contributed by atoms with Crippen LogP contribution in [-0.2, 0) is 0 Å². The quantitative estimate of drug-likeness (QED) is 0.551. The Morgan fingerprint density at radius 2 is 1.96 bits per heavy atom. The van der Waals surface area contributed by atoms with Crippen molar-refractivity contribution >= 4 is 5.91 Å². The summed E-state index contributed by atoms with van der Waals surface area (Å²) in [5.74, 6) is 0.516. The van der Waals surface area contributed by atoms with E-state index in [2.05, 4.69) is 46.3 Å². The lowest BCUT2D eigenvalue weighted by Gasteiger charge is -2.42. The van der Waals surface area contributed by atoms with Crippen LogP contribution in [0.4, 0.5) is 0 Å². The molecular formula is C21H34N2O2. The fraction of sp³-hybridized carbons (Fsp3) is 0.476. The molecule has 25 heavy (non-hydrogen) atoms. The van der Waals surface area contributed by atoms with Gasteiger partial charge in [-0.2, -0.15) is 0 Å². The van der Waals surface area contributed by atoms with Gasteiger partial charge in [0.05, 0.1) is 18.8 Å². The third-order valence-electron chi connectivity index (χ3n) is 4.45. The first-order chi connectivity index (χ1) is 11.5. The molecule has 0 aliphatic heterocycles. The van der Waals surface area contributed by atoms with Crippen molar-refractivity contribution in [2.45, 2.75) is 54.0 Å². The number of amides is 1. The summed E-state index contributed by atoms with van der Waals surface area (Å²) in [6, 6.07) is 5.56. The molecule has 1 aromatic rings. The van der Waals surface area contributed by atoms with Crippen molar-refractivity contribution in [1.29, 1.82) is 0 Å². The first kappa shape index (κ1) is 20.8. The first-order valence-corrected chi connectivity index (χ1v) is 8.63. The zero-order chi connectivity index (χ0) is 19.4. The Kier molecular flexibility index (Phi) is 6.86. The molecule has 0 heterocycles. The van der Waals surface area contributed by atoms with E-state index in [1.807, 2.05) is 31.0 Å². The van der Waals surface area contributed by atoms with Gasteiger partial charge >= 0.3 is 0 Å². The van der Waals surface area contributed by atoms with Gasteiger partial charge in [0.15, 0.2) is 0 Å². The molecule has 1 amide bonds. The smallest absolute Gasteiger partial charge is 0.270 e. The van der Waals surface area contributed by atoms with Gasteiger partial charge < -0.3 is 4.74 Å². The molecule has 0 radical (unpaired) electrons. The first-order valence-electron chi connectivity index (χ1n) is 8.63. The number of benzene rings is 1. The minimum absolute atomic E-state index is 0. The van der Waals surface area contributed by atoms with Crippen LogP contribution in [0, 0.1) is 12.3 Å². The number of carbonyl (C=O) groups excluding carboxylic acids is 1. The van der Waals surface area contributed by atoms with E-state index in [4.69, 9.17) is 4.74 Å². The van der Waals surface area contributed by atoms with Crippen LogP contribution in [0.1, 0.15) is 58.4 Å². The summed E-state index contributed by atoms with van der Waals surface area (Å²) in [7, 11) is 1.60. The molecule has 0 unspecified atom stereocenters. The van der Waals surface area contributed by atoms with Crippen LogP contribution < -0.4 is 10.2 Å². The molecular weight excluding hydrogens is 312 g/mol. The minimum Gasteiger partial charge on any atom is -0.496 e. The maximum atomic E-state index is 12.9. The number of ether oxygens (including phenoxy) is 1. The molecule has 140 valence electrons. The van der Waals surface area contributed by atoms with Crippen molar-refractivity contribution in [2.24, 2.45) is 5.41 Å². The van der Waals surface area contributed by atoms with Crippen molar-refractivity contribution in [3.63, 3.8) is 0 Å². The molecule has 0 aliphatic rings. The second-order valence-corrected chi connectivity index (χ2v) is 7.46. The second kappa shape index (κ2) is 8.24. The van der Waals surface area contributed by atoms with Crippen molar-refractivity contribution in [2.75, 3.05) is 7.11 Å². The van der Waals surface area contributed by atoms with Crippen LogP contribution in [0.15, 0.2) is 42.6 Å². The summed E-state index contributed by atoms with van der Waals surface area (Å²) in [5, 5.41) is 1.86. The third kappa shape index (κ3) is 4.88. The number of methoxy groups -OCH3 is 1. The number of hydrogen-bond donors (Lipinski definition) is 1. The van der Waals surface area contributed by atoms with Crippen LogP contribution in [0.5, 0.6) is 5.75 Å². The Balaban J connectivity index is 0.00000625. The zero-order valence-corrected chi connectivity index (χ0v) is 16.7. The maximum absolute atomic E-state index is 12.9. The van der Waals surface area contributed by atoms with E-state index in [0.717, 1.165) is 23.3 Å². The predicted octanol–water partition coefficient (Wildman–Crippen LogP) is 5.11. The normalized spacial score (nSPS) is 12.3. The summed E-state index contributed by atoms with van der Waals surface area (Å²) in [5.41, 5.74) is 5.95. The van der Waals surface area contributed by atoms with Crippen molar-refractivity contribution in [3.8, 4) is 5.75 Å². The van der Waals surface area contributed by atoms with E-state index in [0.29, 0.717) is 11.3 Å². The third-order valence-corrected chi connectivity index (χ3v) is 4.45. The Hall–Kier alpha value is -2.23. The van der Waals surface area contributed by atoms with Gasteiger partial charge in [-0.05, 0) is 43.4 Å². The number of hydrogen-bond acceptors (Lipinski definition) is 3. The Morgan fingerprint density at radius 1 is 1.36 bits per heavy atom. The number of carbonyl (C=O) groups is 1. The zero-order valence-electron chi connectivity index (χ0n) is 16.7. The lowest BCUT2D eigenvalue weighted by molar-refractivity contribution is 0.0592. The highest BCUT2D eigenvalue weighted by atomic mass is 16.5. The van der Waals surface area contributed by atoms with Gasteiger partial charge in [0.2, 0.25) is 0 Å². The standard InChI is InChI=1S/C21H32N2O2.H2/c1-10-19(21(6,7)8)23(16(5)14(2)3)22-20(24)17-12-11-13-18(25-9)15(17)4;/h11-13,19H,2,5,10H2,1,3-4,6-9H3,(H,22,24);1H/t19-;/m1./s1. The van der Waals surface area contributed by atoms with E-state index in [-0.39, 0.29) is 18.8 Å². The van der Waals surface area contributed by atoms with Gasteiger partial charge in [-0.1, -0.05) is 46.9 Å². The number of nitrogens with one attached hydrogen (secondary N) is 1. The molecule has 0 aromatic heterocycles. The molecule has 4 nitrogen and oxygen atoms in total. The summed E-state index contributed by atoms with van der Waals surface area (Å²) >= 11 is 0. The molecule has 1 N–H and O–H groups in total. The second-order valence-electron chi connectivity index (χ2n) is 7.46. The molecule has 0 fully saturated rings. The Labute approximate surface area is 154 Å². The highest BCUT2D eigenvalue weighted by molar-refractivity contribution is 5.96. The van der Waals surface area contributed by atoms with Crippen LogP contribution >= 0.6 is 0 Å². The molecule has 0 bridgehead atoms. The van der Waals surface area contributed by atoms with Gasteiger partial charge in [0, 0.05) is 12.6 Å². The number of rotatable bonds is 7. The maximum Gasteiger partial charge on any atom is 0.270 e. The SMILES string of the molecule is C=C(C)C(=C)N(NC(=O)c1cccc(OC)c1C)[C@H](CC)C(C)(C)C.[HH]. The van der Waals surface area contributed by atoms with Gasteiger partial charge in [-0.15, -0.1) is 0 Å². The number of allylic oxidation sites excluding steroid dienone is 1. The lowest BCUT2D eigenvalue weighted by Crippen LogP contribution is -2.52. The van der Waals surface area contributed by atoms with Crippen LogP contribution in [0.2, 0.25) is 0 Å². The summed E-state index contributed by atoms with van der Waals surface area (Å²) in [6.45, 7) is 20.5. The topological polar surface area (TPSA) is 41.6 Å². The van der Waals surface area contributed by atoms with Gasteiger partial charge in [-0.25, -0.2) is 0 Å². The van der Waals surface area contributed by atoms with Crippen LogP contribution in [-0.4, -0.2) is 24.1 Å². The van der Waals surface area contributed by atoms with Crippen molar-refractivity contribution in [3.05, 3.63) is 53.8 Å². The van der Waals surface area contributed by atoms with Crippen LogP contribution in [0.25, 0.3) is 0 Å². The molecule has 0 aliphatic carbocycles. The predicted molar refractivity (Wildman–Crippen MR) is 107 cm³/mol. The average Bonchev–Trinajstić information content (AvgIpc) is 2.52. The minimum atomic E-state index is -0.179. The van der Waals surface area contributed by atoms with Gasteiger partial charge in [0.1, 0.15) is 5.75 Å². The van der Waals surface area contributed by atoms with E-state index in [1.54, 1.807) is 13.2 Å². The molecule has 0 spiro atoms. The summed E-state index contributed by atoms with van der Waals surface area (Å²) in [4.78, 5) is 12.9. The van der Waals surface area contributed by atoms with Gasteiger partial charge in [-0.3, -0.25) is 15.2 Å². The lowest BCUT2D eigenvalue weighted by atomic mass is 9.84. The number of hydrazine groups is 1. The fourth-order valence-electron chi connectivity index (χ4n) is 2.97. The fourth-order valence-corrected chi connectivity index (χ4v) is 2.97. The average molecular weight is 347 g/mol. The van der Waals surface area contributed by atoms with Crippen molar-refractivity contribution in [1.82, 2.24) is 10.4 Å². The summed E-state index contributed by atoms with van der Waals surface area (Å²) < 4.78 is 5.32. The highest BCUT2D eigenvalue weighted by Gasteiger charge is 2.31. The molecule has 1 rings (SSSR count). The molecule has 0 saturated carbocycles. The Morgan fingerprint density at radius 3 is 2.40 bits per heavy atom.